The second-order valence-electron chi connectivity index (χ2n) is 18.6. The molecule has 6 saturated heterocycles. The summed E-state index contributed by atoms with van der Waals surface area (Å²) >= 11 is 0. The number of benzene rings is 1. The molecule has 0 aromatic heterocycles. The van der Waals surface area contributed by atoms with E-state index >= 15 is 0 Å². The Labute approximate surface area is 424 Å². The first-order valence-corrected chi connectivity index (χ1v) is 23.8. The summed E-state index contributed by atoms with van der Waals surface area (Å²) < 4.78 is 73.2. The van der Waals surface area contributed by atoms with Crippen LogP contribution in [0.3, 0.4) is 0 Å². The van der Waals surface area contributed by atoms with E-state index < -0.39 is 224 Å². The van der Waals surface area contributed by atoms with Gasteiger partial charge in [0.2, 0.25) is 6.29 Å². The van der Waals surface area contributed by atoms with Crippen LogP contribution in [-0.4, -0.2) is 328 Å². The van der Waals surface area contributed by atoms with Crippen LogP contribution in [0.25, 0.3) is 0 Å². The molecule has 6 heterocycles. The summed E-state index contributed by atoms with van der Waals surface area (Å²) in [6, 6.07) is 5.95. The maximum Gasteiger partial charge on any atom is 0.229 e. The first kappa shape index (κ1) is 60.3. The summed E-state index contributed by atoms with van der Waals surface area (Å²) in [5.41, 5.74) is 0. The zero-order chi connectivity index (χ0) is 54.7. The van der Waals surface area contributed by atoms with Crippen molar-refractivity contribution in [2.45, 2.75) is 184 Å². The highest BCUT2D eigenvalue weighted by atomic mass is 16.8. The number of hydrogen-bond acceptors (Lipinski definition) is 32. The van der Waals surface area contributed by atoms with Crippen molar-refractivity contribution in [2.24, 2.45) is 0 Å². The van der Waals surface area contributed by atoms with E-state index in [1.165, 1.54) is 31.4 Å². The predicted octanol–water partition coefficient (Wildman–Crippen LogP) is -12.0. The monoisotopic (exact) mass is 1100 g/mol. The van der Waals surface area contributed by atoms with E-state index in [0.717, 1.165) is 0 Å². The van der Waals surface area contributed by atoms with Crippen LogP contribution in [0.1, 0.15) is 0 Å². The molecule has 0 spiro atoms. The van der Waals surface area contributed by atoms with E-state index in [0.29, 0.717) is 5.75 Å². The smallest absolute Gasteiger partial charge is 0.229 e. The molecule has 0 bridgehead atoms. The van der Waals surface area contributed by atoms with Gasteiger partial charge in [0.15, 0.2) is 31.5 Å². The van der Waals surface area contributed by atoms with Gasteiger partial charge in [0.1, 0.15) is 158 Å². The third kappa shape index (κ3) is 12.8. The van der Waals surface area contributed by atoms with E-state index in [2.05, 4.69) is 0 Å². The van der Waals surface area contributed by atoms with Crippen molar-refractivity contribution >= 4 is 0 Å². The number of aliphatic hydroxyl groups is 19. The van der Waals surface area contributed by atoms with Crippen LogP contribution < -0.4 is 9.47 Å². The van der Waals surface area contributed by atoms with Crippen molar-refractivity contribution in [3.05, 3.63) is 24.3 Å². The summed E-state index contributed by atoms with van der Waals surface area (Å²) in [6.45, 7) is -5.62. The Hall–Kier alpha value is -2.38. The highest BCUT2D eigenvalue weighted by Crippen LogP contribution is 2.37. The first-order valence-electron chi connectivity index (χ1n) is 23.8. The van der Waals surface area contributed by atoms with Gasteiger partial charge in [-0.05, 0) is 24.3 Å². The molecule has 6 fully saturated rings. The Morgan fingerprint density at radius 1 is 0.320 bits per heavy atom. The lowest BCUT2D eigenvalue weighted by molar-refractivity contribution is -0.393. The SMILES string of the molecule is COc1ccc(O[C@@H]2O[C@H](CO)[C@@H](O)[C@H](O[C@@H]3O[C@H](CO)[C@@H](O)[C@H](O[C@@H]4O[C@H](CO[C@@H]5O[C@H](CO)[C@@H](O)[C@H](O[C@@H]6O[C@H](CO)[C@@H](O)[C@H](O)[C@H]6O)[C@H]5O)[C@@H](O)[C@H](O[C@@H]5O[C@H](CO)[C@@H](O)[C@H](O)[C@H]5O)[C@H]4O)[C@H]3O)[C@H]2O)cc1. The first-order chi connectivity index (χ1) is 35.7. The van der Waals surface area contributed by atoms with Gasteiger partial charge in [-0.1, -0.05) is 0 Å². The Balaban J connectivity index is 1.12. The number of ether oxygens (including phenoxy) is 13. The average molecular weight is 1100 g/mol. The van der Waals surface area contributed by atoms with Crippen molar-refractivity contribution in [3.63, 3.8) is 0 Å². The molecule has 6 aliphatic heterocycles. The van der Waals surface area contributed by atoms with E-state index in [4.69, 9.17) is 61.6 Å². The van der Waals surface area contributed by atoms with Gasteiger partial charge < -0.3 is 159 Å². The lowest BCUT2D eigenvalue weighted by Gasteiger charge is -2.49. The summed E-state index contributed by atoms with van der Waals surface area (Å²) in [5, 5.41) is 204. The fraction of sp³-hybridized carbons (Fsp3) is 0.860. The largest absolute Gasteiger partial charge is 0.497 e. The molecule has 1 aromatic carbocycles. The van der Waals surface area contributed by atoms with Crippen LogP contribution in [0.2, 0.25) is 0 Å². The van der Waals surface area contributed by atoms with Crippen molar-refractivity contribution in [1.82, 2.24) is 0 Å². The third-order valence-corrected chi connectivity index (χ3v) is 13.7. The van der Waals surface area contributed by atoms with Crippen LogP contribution in [0.15, 0.2) is 24.3 Å². The predicted molar refractivity (Wildman–Crippen MR) is 231 cm³/mol. The van der Waals surface area contributed by atoms with Crippen LogP contribution >= 0.6 is 0 Å². The molecule has 6 aliphatic rings. The molecule has 432 valence electrons. The minimum Gasteiger partial charge on any atom is -0.497 e. The molecular weight excluding hydrogens is 1030 g/mol. The van der Waals surface area contributed by atoms with Gasteiger partial charge in [0, 0.05) is 0 Å². The van der Waals surface area contributed by atoms with Gasteiger partial charge in [0.25, 0.3) is 0 Å². The average Bonchev–Trinajstić information content (AvgIpc) is 3.40. The molecule has 1 aromatic rings. The molecule has 0 unspecified atom stereocenters. The molecule has 0 radical (unpaired) electrons. The molecule has 0 saturated carbocycles. The second-order valence-corrected chi connectivity index (χ2v) is 18.6. The molecule has 32 heteroatoms. The fourth-order valence-electron chi connectivity index (χ4n) is 9.26. The highest BCUT2D eigenvalue weighted by Gasteiger charge is 2.57. The maximum atomic E-state index is 11.8. The van der Waals surface area contributed by atoms with Gasteiger partial charge in [0.05, 0.1) is 46.8 Å². The van der Waals surface area contributed by atoms with E-state index in [1.807, 2.05) is 0 Å². The topological polar surface area (TPSA) is 504 Å². The summed E-state index contributed by atoms with van der Waals surface area (Å²) in [5.74, 6) is 0.583. The van der Waals surface area contributed by atoms with Crippen LogP contribution in [-0.2, 0) is 52.1 Å². The molecule has 30 atom stereocenters. The van der Waals surface area contributed by atoms with E-state index in [-0.39, 0.29) is 5.75 Å². The molecule has 0 aliphatic carbocycles. The van der Waals surface area contributed by atoms with E-state index in [9.17, 15) is 97.0 Å². The minimum absolute atomic E-state index is 0.131. The van der Waals surface area contributed by atoms with Gasteiger partial charge in [-0.15, -0.1) is 0 Å². The van der Waals surface area contributed by atoms with Crippen molar-refractivity contribution in [1.29, 1.82) is 0 Å². The summed E-state index contributed by atoms with van der Waals surface area (Å²) in [7, 11) is 1.43. The van der Waals surface area contributed by atoms with Crippen molar-refractivity contribution in [3.8, 4) is 11.5 Å². The molecule has 75 heavy (non-hydrogen) atoms. The normalized spacial score (nSPS) is 48.8. The lowest BCUT2D eigenvalue weighted by atomic mass is 9.95. The van der Waals surface area contributed by atoms with Gasteiger partial charge in [-0.2, -0.15) is 0 Å². The number of aliphatic hydroxyl groups excluding tert-OH is 19. The Bertz CT molecular complexity index is 1870. The molecule has 0 amide bonds. The fourth-order valence-corrected chi connectivity index (χ4v) is 9.26. The van der Waals surface area contributed by atoms with Crippen molar-refractivity contribution in [2.75, 3.05) is 46.8 Å². The van der Waals surface area contributed by atoms with Crippen LogP contribution in [0.5, 0.6) is 11.5 Å². The molecular formula is C43H68O32. The zero-order valence-electron chi connectivity index (χ0n) is 39.7. The van der Waals surface area contributed by atoms with Gasteiger partial charge in [-0.3, -0.25) is 0 Å². The number of hydrogen-bond donors (Lipinski definition) is 19. The van der Waals surface area contributed by atoms with E-state index in [1.54, 1.807) is 0 Å². The standard InChI is InChI=1S/C43H68O32/c1-63-12-2-4-13(5-3-12)65-41-31(60)35(23(52)17(9-47)69-41)74-42-32(61)36(24(53)18(10-48)70-42)75-43-33(62)37(73-40-29(58)27(56)21(50)15(7-45)68-40)25(54)19(71-43)11-64-38-30(59)34(22(51)16(8-46)66-38)72-39-28(57)26(55)20(49)14(6-44)67-39/h2-5,14-62H,6-11H2,1H3/t14-,15-,16-,17-,18-,19-,20-,21-,22-,23-,24-,25-,26+,27+,28-,29-,30-,31-,32-,33-,34+,35+,36+,37+,38-,39+,40+,41-,42+,43+/m1/s1. The highest BCUT2D eigenvalue weighted by molar-refractivity contribution is 5.31. The number of rotatable bonds is 19. The summed E-state index contributed by atoms with van der Waals surface area (Å²) in [4.78, 5) is 0. The van der Waals surface area contributed by atoms with Crippen LogP contribution in [0, 0.1) is 0 Å². The second kappa shape index (κ2) is 26.3. The summed E-state index contributed by atoms with van der Waals surface area (Å²) in [6.07, 6.45) is -58.0. The Morgan fingerprint density at radius 3 is 0.973 bits per heavy atom. The minimum atomic E-state index is -2.29. The maximum absolute atomic E-state index is 11.8. The quantitative estimate of drug-likeness (QED) is 0.0612. The van der Waals surface area contributed by atoms with Crippen LogP contribution in [0.4, 0.5) is 0 Å². The Kier molecular flexibility index (Phi) is 21.1. The Morgan fingerprint density at radius 2 is 0.600 bits per heavy atom. The molecule has 7 rings (SSSR count). The lowest BCUT2D eigenvalue weighted by Crippen LogP contribution is -2.68. The molecule has 19 N–H and O–H groups in total. The van der Waals surface area contributed by atoms with Gasteiger partial charge in [-0.25, -0.2) is 0 Å². The molecule has 32 nitrogen and oxygen atoms in total. The number of methoxy groups -OCH3 is 1. The van der Waals surface area contributed by atoms with Crippen molar-refractivity contribution < 1.29 is 159 Å². The zero-order valence-corrected chi connectivity index (χ0v) is 39.7. The third-order valence-electron chi connectivity index (χ3n) is 13.7. The van der Waals surface area contributed by atoms with Gasteiger partial charge >= 0.3 is 0 Å².